The predicted molar refractivity (Wildman–Crippen MR) is 188 cm³/mol. The highest BCUT2D eigenvalue weighted by molar-refractivity contribution is 7.89. The van der Waals surface area contributed by atoms with Crippen LogP contribution >= 0.6 is 22.9 Å². The van der Waals surface area contributed by atoms with Crippen LogP contribution in [-0.2, 0) is 22.7 Å². The summed E-state index contributed by atoms with van der Waals surface area (Å²) in [4.78, 5) is 38.7. The number of ether oxygens (including phenoxy) is 1. The number of fused-ring (bicyclic) bond motifs is 2. The summed E-state index contributed by atoms with van der Waals surface area (Å²) < 4.78 is 76.3. The highest BCUT2D eigenvalue weighted by Crippen LogP contribution is 2.42. The number of carbonyl (C=O) groups is 1. The fourth-order valence-corrected chi connectivity index (χ4v) is 7.69. The monoisotopic (exact) mass is 759 g/mol. The second-order valence-corrected chi connectivity index (χ2v) is 15.0. The number of thiophene rings is 1. The summed E-state index contributed by atoms with van der Waals surface area (Å²) in [7, 11) is -1.96. The molecule has 1 fully saturated rings. The molecule has 4 heterocycles. The molecule has 0 aliphatic carbocycles. The van der Waals surface area contributed by atoms with E-state index in [4.69, 9.17) is 16.3 Å². The molecule has 6 rings (SSSR count). The maximum atomic E-state index is 14.4. The zero-order valence-electron chi connectivity index (χ0n) is 27.3. The number of nitrogens with zero attached hydrogens (tertiary/aromatic N) is 6. The smallest absolute Gasteiger partial charge is 0.418 e. The van der Waals surface area contributed by atoms with Gasteiger partial charge in [-0.25, -0.2) is 18.1 Å². The number of nitrogens with one attached hydrogen (secondary N) is 1. The van der Waals surface area contributed by atoms with Gasteiger partial charge in [0.15, 0.2) is 0 Å². The van der Waals surface area contributed by atoms with Crippen molar-refractivity contribution in [3.05, 3.63) is 79.8 Å². The molecule has 3 aromatic heterocycles. The molecule has 1 saturated heterocycles. The quantitative estimate of drug-likeness (QED) is 0.228. The number of hydrogen-bond donors (Lipinski definition) is 1. The lowest BCUT2D eigenvalue weighted by molar-refractivity contribution is -0.137. The minimum Gasteiger partial charge on any atom is -0.491 e. The third-order valence-corrected chi connectivity index (χ3v) is 10.2. The van der Waals surface area contributed by atoms with Crippen molar-refractivity contribution >= 4 is 65.7 Å². The molecule has 1 amide bonds. The number of rotatable bonds is 8. The maximum absolute atomic E-state index is 14.4. The van der Waals surface area contributed by atoms with Gasteiger partial charge in [-0.3, -0.25) is 19.1 Å². The van der Waals surface area contributed by atoms with E-state index in [9.17, 15) is 36.4 Å². The molecular formula is C33H29ClF3N7O5S2. The Morgan fingerprint density at radius 2 is 1.88 bits per heavy atom. The average Bonchev–Trinajstić information content (AvgIpc) is 3.50. The van der Waals surface area contributed by atoms with Crippen LogP contribution in [0.2, 0.25) is 5.02 Å². The van der Waals surface area contributed by atoms with Gasteiger partial charge in [0, 0.05) is 53.9 Å². The van der Waals surface area contributed by atoms with E-state index in [2.05, 4.69) is 9.97 Å². The first-order valence-electron chi connectivity index (χ1n) is 15.4. The van der Waals surface area contributed by atoms with Gasteiger partial charge in [-0.15, -0.1) is 11.3 Å². The Morgan fingerprint density at radius 1 is 1.16 bits per heavy atom. The number of pyridine rings is 1. The second-order valence-electron chi connectivity index (χ2n) is 11.9. The van der Waals surface area contributed by atoms with E-state index in [1.165, 1.54) is 39.3 Å². The van der Waals surface area contributed by atoms with Crippen LogP contribution in [0.1, 0.15) is 27.3 Å². The Labute approximate surface area is 298 Å². The molecule has 5 aromatic rings. The first-order chi connectivity index (χ1) is 24.1. The number of anilines is 1. The van der Waals surface area contributed by atoms with Crippen molar-refractivity contribution < 1.29 is 31.1 Å². The van der Waals surface area contributed by atoms with Crippen LogP contribution in [0.3, 0.4) is 0 Å². The molecule has 0 atom stereocenters. The molecule has 0 spiro atoms. The number of alkyl halides is 3. The third kappa shape index (κ3) is 7.22. The normalized spacial score (nSPS) is 14.2. The molecule has 0 saturated carbocycles. The standard InChI is InChI=1S/C33H29ClF3N7O5S2/c1-18-40-25-15-24(33(35,36)37)29(43-10-8-42(2)9-11-43)22(16-38)27(25)32(46)44(18)12-13-49-26-5-4-19(34)14-21(26)20-6-7-39-28-23(17-50-30(20)28)31(45)41-51(3,47)48/h4-7,14-15,17H,8-13H2,1-3H3,(H,41,45). The lowest BCUT2D eigenvalue weighted by atomic mass is 10.00. The Balaban J connectivity index is 1.35. The summed E-state index contributed by atoms with van der Waals surface area (Å²) >= 11 is 7.54. The summed E-state index contributed by atoms with van der Waals surface area (Å²) in [5, 5.41) is 11.9. The lowest BCUT2D eigenvalue weighted by Gasteiger charge is -2.36. The van der Waals surface area contributed by atoms with Crippen molar-refractivity contribution in [3.63, 3.8) is 0 Å². The minimum absolute atomic E-state index is 0.0635. The third-order valence-electron chi connectivity index (χ3n) is 8.43. The molecule has 1 aliphatic rings. The van der Waals surface area contributed by atoms with E-state index < -0.39 is 33.2 Å². The van der Waals surface area contributed by atoms with Gasteiger partial charge >= 0.3 is 6.18 Å². The highest BCUT2D eigenvalue weighted by Gasteiger charge is 2.39. The van der Waals surface area contributed by atoms with Gasteiger partial charge in [-0.2, -0.15) is 18.4 Å². The number of aromatic nitrogens is 3. The number of likely N-dealkylation sites (N-methyl/N-ethyl adjacent to an activating group) is 1. The summed E-state index contributed by atoms with van der Waals surface area (Å²) in [5.41, 5.74) is -1.15. The van der Waals surface area contributed by atoms with Crippen LogP contribution in [0.4, 0.5) is 18.9 Å². The zero-order chi connectivity index (χ0) is 36.8. The fraction of sp³-hybridized carbons (Fsp3) is 0.303. The first-order valence-corrected chi connectivity index (χ1v) is 18.5. The number of nitriles is 1. The molecule has 51 heavy (non-hydrogen) atoms. The van der Waals surface area contributed by atoms with Crippen molar-refractivity contribution in [2.75, 3.05) is 51.0 Å². The van der Waals surface area contributed by atoms with Gasteiger partial charge in [0.1, 0.15) is 24.3 Å². The summed E-state index contributed by atoms with van der Waals surface area (Å²) in [6.07, 6.45) is -2.46. The van der Waals surface area contributed by atoms with E-state index >= 15 is 0 Å². The lowest BCUT2D eigenvalue weighted by Crippen LogP contribution is -2.45. The maximum Gasteiger partial charge on any atom is 0.418 e. The van der Waals surface area contributed by atoms with Crippen molar-refractivity contribution in [1.82, 2.24) is 24.2 Å². The van der Waals surface area contributed by atoms with Crippen LogP contribution in [0.5, 0.6) is 5.75 Å². The van der Waals surface area contributed by atoms with E-state index in [1.54, 1.807) is 24.3 Å². The van der Waals surface area contributed by atoms with Gasteiger partial charge < -0.3 is 14.5 Å². The number of halogens is 4. The topological polar surface area (TPSA) is 151 Å². The number of amides is 1. The highest BCUT2D eigenvalue weighted by atomic mass is 35.5. The number of aryl methyl sites for hydroxylation is 1. The van der Waals surface area contributed by atoms with Crippen molar-refractivity contribution in [3.8, 4) is 22.9 Å². The van der Waals surface area contributed by atoms with E-state index in [0.29, 0.717) is 39.7 Å². The number of sulfonamides is 1. The number of benzene rings is 2. The zero-order valence-corrected chi connectivity index (χ0v) is 29.7. The van der Waals surface area contributed by atoms with E-state index in [1.807, 2.05) is 22.7 Å². The number of carbonyl (C=O) groups excluding carboxylic acids is 1. The number of hydrogen-bond acceptors (Lipinski definition) is 11. The average molecular weight is 760 g/mol. The number of piperazine rings is 1. The molecule has 12 nitrogen and oxygen atoms in total. The Kier molecular flexibility index (Phi) is 9.72. The van der Waals surface area contributed by atoms with Crippen molar-refractivity contribution in [2.45, 2.75) is 19.6 Å². The Morgan fingerprint density at radius 3 is 2.55 bits per heavy atom. The summed E-state index contributed by atoms with van der Waals surface area (Å²) in [6, 6.07) is 9.29. The van der Waals surface area contributed by atoms with Crippen LogP contribution < -0.4 is 19.9 Å². The summed E-state index contributed by atoms with van der Waals surface area (Å²) in [6.45, 7) is 2.80. The second kappa shape index (κ2) is 13.8. The van der Waals surface area contributed by atoms with Crippen molar-refractivity contribution in [2.24, 2.45) is 0 Å². The molecule has 0 unspecified atom stereocenters. The van der Waals surface area contributed by atoms with Gasteiger partial charge in [-0.05, 0) is 44.3 Å². The van der Waals surface area contributed by atoms with Gasteiger partial charge in [-0.1, -0.05) is 11.6 Å². The van der Waals surface area contributed by atoms with Crippen LogP contribution in [-0.4, -0.2) is 79.8 Å². The van der Waals surface area contributed by atoms with Crippen LogP contribution in [0, 0.1) is 18.3 Å². The largest absolute Gasteiger partial charge is 0.491 e. The Hall–Kier alpha value is -4.76. The molecule has 0 radical (unpaired) electrons. The molecule has 1 N–H and O–H groups in total. The van der Waals surface area contributed by atoms with Crippen LogP contribution in [0.15, 0.2) is 46.7 Å². The van der Waals surface area contributed by atoms with E-state index in [0.717, 1.165) is 12.3 Å². The molecule has 0 bridgehead atoms. The predicted octanol–water partition coefficient (Wildman–Crippen LogP) is 5.05. The fourth-order valence-electron chi connectivity index (χ4n) is 6.04. The van der Waals surface area contributed by atoms with Crippen molar-refractivity contribution in [1.29, 1.82) is 5.26 Å². The molecule has 266 valence electrons. The molecule has 18 heteroatoms. The van der Waals surface area contributed by atoms with Gasteiger partial charge in [0.25, 0.3) is 11.5 Å². The minimum atomic E-state index is -4.79. The molecular weight excluding hydrogens is 731 g/mol. The first kappa shape index (κ1) is 36.0. The van der Waals surface area contributed by atoms with Crippen LogP contribution in [0.25, 0.3) is 32.2 Å². The molecule has 1 aliphatic heterocycles. The van der Waals surface area contributed by atoms with Gasteiger partial charge in [0.05, 0.1) is 56.3 Å². The molecule has 2 aromatic carbocycles. The SMILES string of the molecule is Cc1nc2cc(C(F)(F)F)c(N3CCN(C)CC3)c(C#N)c2c(=O)n1CCOc1ccc(Cl)cc1-c1ccnc2c(C(=O)NS(C)(=O)=O)csc12. The van der Waals surface area contributed by atoms with E-state index in [-0.39, 0.29) is 65.3 Å². The van der Waals surface area contributed by atoms with Gasteiger partial charge in [0.2, 0.25) is 10.0 Å². The Bertz CT molecular complexity index is 2420. The summed E-state index contributed by atoms with van der Waals surface area (Å²) in [5.74, 6) is -0.344.